The molecule has 1 amide bonds. The quantitative estimate of drug-likeness (QED) is 0.447. The van der Waals surface area contributed by atoms with Crippen molar-refractivity contribution in [2.75, 3.05) is 39.0 Å². The van der Waals surface area contributed by atoms with Crippen LogP contribution in [0.5, 0.6) is 0 Å². The van der Waals surface area contributed by atoms with E-state index in [2.05, 4.69) is 15.3 Å². The van der Waals surface area contributed by atoms with Crippen molar-refractivity contribution in [1.29, 1.82) is 0 Å². The standard InChI is InChI=1S/C26H35F3N6O4S/c1-40(38,39)34-9-4-22-20(16-34)23(17-2-3-21(26(27,28)29)18(12-17)13-30)32-35(22)15-19(36)14-33-10-6-25(7-11-33)5-8-31-24(25)37/h2-3,12,19,36H,4-11,13-16,30H2,1H3,(H,31,37). The number of nitrogens with two attached hydrogens (primary N) is 1. The monoisotopic (exact) mass is 584 g/mol. The Hall–Kier alpha value is -2.52. The molecule has 2 saturated heterocycles. The number of amides is 1. The number of piperidine rings is 1. The molecule has 1 unspecified atom stereocenters. The third-order valence-electron chi connectivity index (χ3n) is 8.51. The van der Waals surface area contributed by atoms with Gasteiger partial charge in [-0.25, -0.2) is 8.42 Å². The zero-order valence-corrected chi connectivity index (χ0v) is 23.2. The van der Waals surface area contributed by atoms with Crippen molar-refractivity contribution in [2.45, 2.75) is 57.6 Å². The Labute approximate surface area is 231 Å². The van der Waals surface area contributed by atoms with Gasteiger partial charge in [0.25, 0.3) is 0 Å². The van der Waals surface area contributed by atoms with E-state index in [1.54, 1.807) is 4.68 Å². The van der Waals surface area contributed by atoms with E-state index < -0.39 is 27.9 Å². The number of aliphatic hydroxyl groups excluding tert-OH is 1. The molecule has 2 fully saturated rings. The number of hydrogen-bond donors (Lipinski definition) is 3. The molecular weight excluding hydrogens is 549 g/mol. The summed E-state index contributed by atoms with van der Waals surface area (Å²) in [4.78, 5) is 14.4. The Morgan fingerprint density at radius 2 is 1.90 bits per heavy atom. The van der Waals surface area contributed by atoms with Crippen LogP contribution in [0.4, 0.5) is 13.2 Å². The van der Waals surface area contributed by atoms with Crippen molar-refractivity contribution in [3.8, 4) is 11.3 Å². The Kier molecular flexibility index (Phi) is 7.76. The van der Waals surface area contributed by atoms with Gasteiger partial charge in [0.05, 0.1) is 35.6 Å². The Balaban J connectivity index is 1.39. The minimum atomic E-state index is -4.56. The van der Waals surface area contributed by atoms with Crippen molar-refractivity contribution in [3.05, 3.63) is 40.6 Å². The number of aromatic nitrogens is 2. The second-order valence-corrected chi connectivity index (χ2v) is 13.1. The van der Waals surface area contributed by atoms with Gasteiger partial charge in [-0.2, -0.15) is 22.6 Å². The van der Waals surface area contributed by atoms with Crippen LogP contribution < -0.4 is 11.1 Å². The lowest BCUT2D eigenvalue weighted by molar-refractivity contribution is -0.138. The molecule has 3 aliphatic rings. The average Bonchev–Trinajstić information content (AvgIpc) is 3.43. The van der Waals surface area contributed by atoms with Crippen LogP contribution in [0.2, 0.25) is 0 Å². The molecule has 2 aromatic rings. The first-order valence-corrected chi connectivity index (χ1v) is 15.3. The van der Waals surface area contributed by atoms with Gasteiger partial charge in [-0.1, -0.05) is 6.07 Å². The molecule has 0 saturated carbocycles. The van der Waals surface area contributed by atoms with E-state index in [0.717, 1.165) is 37.3 Å². The predicted molar refractivity (Wildman–Crippen MR) is 141 cm³/mol. The smallest absolute Gasteiger partial charge is 0.390 e. The Morgan fingerprint density at radius 3 is 2.50 bits per heavy atom. The number of β-amino-alcohol motifs (C(OH)–C–C–N with tert-alkyl or cyclic N) is 1. The molecule has 4 N–H and O–H groups in total. The number of carbonyl (C=O) groups excluding carboxylic acids is 1. The van der Waals surface area contributed by atoms with Crippen LogP contribution in [0.25, 0.3) is 11.3 Å². The second-order valence-electron chi connectivity index (χ2n) is 11.1. The third kappa shape index (κ3) is 5.64. The highest BCUT2D eigenvalue weighted by molar-refractivity contribution is 7.88. The number of fused-ring (bicyclic) bond motifs is 1. The van der Waals surface area contributed by atoms with E-state index in [0.29, 0.717) is 49.4 Å². The number of benzene rings is 1. The molecule has 0 bridgehead atoms. The van der Waals surface area contributed by atoms with Crippen LogP contribution in [-0.2, 0) is 47.0 Å². The summed E-state index contributed by atoms with van der Waals surface area (Å²) in [6.07, 6.45) is -1.55. The lowest BCUT2D eigenvalue weighted by Gasteiger charge is -2.38. The van der Waals surface area contributed by atoms with Gasteiger partial charge in [0, 0.05) is 56.0 Å². The number of sulfonamides is 1. The molecule has 3 aliphatic heterocycles. The summed E-state index contributed by atoms with van der Waals surface area (Å²) in [6.45, 7) is 2.59. The average molecular weight is 585 g/mol. The molecule has 14 heteroatoms. The Bertz CT molecular complexity index is 1390. The van der Waals surface area contributed by atoms with Gasteiger partial charge in [0.2, 0.25) is 15.9 Å². The van der Waals surface area contributed by atoms with Crippen LogP contribution >= 0.6 is 0 Å². The highest BCUT2D eigenvalue weighted by atomic mass is 32.2. The Morgan fingerprint density at radius 1 is 1.18 bits per heavy atom. The van der Waals surface area contributed by atoms with E-state index in [9.17, 15) is 31.5 Å². The normalized spacial score (nSPS) is 21.0. The summed E-state index contributed by atoms with van der Waals surface area (Å²) in [7, 11) is -3.51. The number of alkyl halides is 3. The first-order valence-electron chi connectivity index (χ1n) is 13.4. The van der Waals surface area contributed by atoms with Crippen molar-refractivity contribution in [3.63, 3.8) is 0 Å². The van der Waals surface area contributed by atoms with Crippen molar-refractivity contribution < 1.29 is 31.5 Å². The summed E-state index contributed by atoms with van der Waals surface area (Å²) in [5, 5.41) is 18.6. The number of hydrogen-bond acceptors (Lipinski definition) is 7. The van der Waals surface area contributed by atoms with Crippen LogP contribution in [0.15, 0.2) is 18.2 Å². The number of rotatable bonds is 7. The molecule has 10 nitrogen and oxygen atoms in total. The predicted octanol–water partition coefficient (Wildman–Crippen LogP) is 1.31. The topological polar surface area (TPSA) is 134 Å². The molecule has 40 heavy (non-hydrogen) atoms. The lowest BCUT2D eigenvalue weighted by Crippen LogP contribution is -2.46. The fourth-order valence-corrected chi connectivity index (χ4v) is 7.02. The van der Waals surface area contributed by atoms with Crippen LogP contribution in [0, 0.1) is 5.41 Å². The first kappa shape index (κ1) is 29.0. The number of likely N-dealkylation sites (tertiary alicyclic amines) is 1. The first-order chi connectivity index (χ1) is 18.8. The van der Waals surface area contributed by atoms with E-state index in [1.807, 2.05) is 0 Å². The molecule has 1 aromatic heterocycles. The van der Waals surface area contributed by atoms with Crippen LogP contribution in [0.3, 0.4) is 0 Å². The summed E-state index contributed by atoms with van der Waals surface area (Å²) in [6, 6.07) is 3.66. The van der Waals surface area contributed by atoms with Gasteiger partial charge in [-0.05, 0) is 50.0 Å². The third-order valence-corrected chi connectivity index (χ3v) is 9.76. The number of nitrogens with one attached hydrogen (secondary N) is 1. The largest absolute Gasteiger partial charge is 0.416 e. The van der Waals surface area contributed by atoms with Crippen LogP contribution in [-0.4, -0.2) is 83.5 Å². The van der Waals surface area contributed by atoms with Gasteiger partial charge in [-0.3, -0.25) is 9.48 Å². The minimum Gasteiger partial charge on any atom is -0.390 e. The molecule has 5 rings (SSSR count). The SMILES string of the molecule is CS(=O)(=O)N1CCc2c(c(-c3ccc(C(F)(F)F)c(CN)c3)nn2CC(O)CN2CCC3(CCNC3=O)CC2)C1. The maximum absolute atomic E-state index is 13.5. The van der Waals surface area contributed by atoms with Crippen molar-refractivity contribution in [2.24, 2.45) is 11.1 Å². The number of carbonyl (C=O) groups is 1. The van der Waals surface area contributed by atoms with Gasteiger partial charge < -0.3 is 21.1 Å². The second kappa shape index (κ2) is 10.7. The maximum atomic E-state index is 13.5. The van der Waals surface area contributed by atoms with Gasteiger partial charge >= 0.3 is 6.18 Å². The summed E-state index contributed by atoms with van der Waals surface area (Å²) >= 11 is 0. The number of halogens is 3. The van der Waals surface area contributed by atoms with E-state index in [1.165, 1.54) is 16.4 Å². The molecule has 1 atom stereocenters. The van der Waals surface area contributed by atoms with E-state index in [-0.39, 0.29) is 43.1 Å². The summed E-state index contributed by atoms with van der Waals surface area (Å²) in [5.74, 6) is 0.118. The molecule has 1 aromatic carbocycles. The molecule has 4 heterocycles. The fourth-order valence-electron chi connectivity index (χ4n) is 6.23. The summed E-state index contributed by atoms with van der Waals surface area (Å²) in [5.41, 5.74) is 6.59. The zero-order valence-electron chi connectivity index (χ0n) is 22.4. The van der Waals surface area contributed by atoms with Gasteiger partial charge in [0.15, 0.2) is 0 Å². The zero-order chi connectivity index (χ0) is 28.9. The number of nitrogens with zero attached hydrogens (tertiary/aromatic N) is 4. The van der Waals surface area contributed by atoms with E-state index in [4.69, 9.17) is 5.73 Å². The highest BCUT2D eigenvalue weighted by Crippen LogP contribution is 2.39. The maximum Gasteiger partial charge on any atom is 0.416 e. The van der Waals surface area contributed by atoms with Crippen molar-refractivity contribution >= 4 is 15.9 Å². The molecule has 220 valence electrons. The minimum absolute atomic E-state index is 0.0366. The lowest BCUT2D eigenvalue weighted by atomic mass is 9.77. The van der Waals surface area contributed by atoms with Gasteiger partial charge in [0.1, 0.15) is 0 Å². The summed E-state index contributed by atoms with van der Waals surface area (Å²) < 4.78 is 68.0. The molecule has 0 radical (unpaired) electrons. The van der Waals surface area contributed by atoms with Crippen molar-refractivity contribution in [1.82, 2.24) is 24.3 Å². The fraction of sp³-hybridized carbons (Fsp3) is 0.615. The highest BCUT2D eigenvalue weighted by Gasteiger charge is 2.44. The number of aliphatic hydroxyl groups is 1. The molecule has 0 aliphatic carbocycles. The molecule has 1 spiro atoms. The van der Waals surface area contributed by atoms with E-state index >= 15 is 0 Å². The molecular formula is C26H35F3N6O4S. The van der Waals surface area contributed by atoms with Gasteiger partial charge in [-0.15, -0.1) is 0 Å². The van der Waals surface area contributed by atoms with Crippen LogP contribution in [0.1, 0.15) is 41.6 Å².